The average molecular weight is 173 g/mol. The van der Waals surface area contributed by atoms with Gasteiger partial charge in [-0.15, -0.1) is 0 Å². The predicted octanol–water partition coefficient (Wildman–Crippen LogP) is 1.77. The van der Waals surface area contributed by atoms with Crippen LogP contribution in [-0.4, -0.2) is 11.5 Å². The molecule has 3 heteroatoms. The molecule has 2 rings (SSSR count). The van der Waals surface area contributed by atoms with Gasteiger partial charge in [0.05, 0.1) is 0 Å². The first-order chi connectivity index (χ1) is 6.40. The lowest BCUT2D eigenvalue weighted by molar-refractivity contribution is -0.120. The van der Waals surface area contributed by atoms with Gasteiger partial charge in [-0.2, -0.15) is 0 Å². The van der Waals surface area contributed by atoms with E-state index in [-0.39, 0.29) is 0 Å². The number of hydrogen-bond donors (Lipinski definition) is 0. The van der Waals surface area contributed by atoms with Crippen LogP contribution in [0.25, 0.3) is 10.8 Å². The van der Waals surface area contributed by atoms with Gasteiger partial charge in [0.2, 0.25) is 0 Å². The maximum atomic E-state index is 10.1. The smallest absolute Gasteiger partial charge is 0.298 e. The van der Waals surface area contributed by atoms with Crippen LogP contribution in [0, 0.1) is 0 Å². The molecule has 0 spiro atoms. The van der Waals surface area contributed by atoms with Crippen molar-refractivity contribution in [3.05, 3.63) is 36.7 Å². The molecule has 2 aromatic rings. The lowest BCUT2D eigenvalue weighted by Gasteiger charge is -1.99. The van der Waals surface area contributed by atoms with Gasteiger partial charge in [-0.1, -0.05) is 0 Å². The van der Waals surface area contributed by atoms with Crippen LogP contribution in [0.1, 0.15) is 0 Å². The number of carbonyl (C=O) groups is 1. The second kappa shape index (κ2) is 3.23. The minimum atomic E-state index is 0.419. The van der Waals surface area contributed by atoms with Crippen molar-refractivity contribution in [1.29, 1.82) is 0 Å². The van der Waals surface area contributed by atoms with Gasteiger partial charge in [-0.05, 0) is 29.7 Å². The van der Waals surface area contributed by atoms with Gasteiger partial charge >= 0.3 is 0 Å². The van der Waals surface area contributed by atoms with Crippen molar-refractivity contribution in [2.75, 3.05) is 0 Å². The van der Waals surface area contributed by atoms with Crippen LogP contribution in [0.4, 0.5) is 0 Å². The molecule has 0 saturated carbocycles. The summed E-state index contributed by atoms with van der Waals surface area (Å²) in [6.45, 7) is 0.419. The van der Waals surface area contributed by atoms with Gasteiger partial charge in [0.25, 0.3) is 6.47 Å². The summed E-state index contributed by atoms with van der Waals surface area (Å²) >= 11 is 0. The highest BCUT2D eigenvalue weighted by molar-refractivity contribution is 5.83. The van der Waals surface area contributed by atoms with Crippen LogP contribution in [0.3, 0.4) is 0 Å². The van der Waals surface area contributed by atoms with Crippen molar-refractivity contribution in [2.24, 2.45) is 0 Å². The molecular formula is C10H7NO2. The fraction of sp³-hybridized carbons (Fsp3) is 0. The average Bonchev–Trinajstić information content (AvgIpc) is 2.18. The first-order valence-electron chi connectivity index (χ1n) is 3.84. The first kappa shape index (κ1) is 7.73. The van der Waals surface area contributed by atoms with Gasteiger partial charge in [0.1, 0.15) is 5.75 Å². The number of pyridine rings is 1. The third kappa shape index (κ3) is 1.49. The Morgan fingerprint density at radius 3 is 3.00 bits per heavy atom. The van der Waals surface area contributed by atoms with E-state index in [0.29, 0.717) is 12.2 Å². The molecular weight excluding hydrogens is 166 g/mol. The van der Waals surface area contributed by atoms with E-state index >= 15 is 0 Å². The maximum absolute atomic E-state index is 10.1. The van der Waals surface area contributed by atoms with Crippen LogP contribution in [0.5, 0.6) is 5.75 Å². The number of benzene rings is 1. The number of hydrogen-bond acceptors (Lipinski definition) is 3. The largest absolute Gasteiger partial charge is 0.429 e. The van der Waals surface area contributed by atoms with Crippen molar-refractivity contribution < 1.29 is 9.53 Å². The zero-order valence-electron chi connectivity index (χ0n) is 6.81. The monoisotopic (exact) mass is 173 g/mol. The van der Waals surface area contributed by atoms with Gasteiger partial charge in [0.15, 0.2) is 0 Å². The number of rotatable bonds is 2. The Hall–Kier alpha value is -1.90. The molecule has 0 bridgehead atoms. The Balaban J connectivity index is 2.55. The highest BCUT2D eigenvalue weighted by Crippen LogP contribution is 2.18. The molecule has 13 heavy (non-hydrogen) atoms. The summed E-state index contributed by atoms with van der Waals surface area (Å²) in [5.74, 6) is 0.550. The van der Waals surface area contributed by atoms with Crippen molar-refractivity contribution >= 4 is 17.2 Å². The van der Waals surface area contributed by atoms with Crippen LogP contribution in [0.2, 0.25) is 0 Å². The standard InChI is InChI=1S/C10H7NO2/c12-7-13-10-2-1-9-6-11-4-3-8(9)5-10/h1-7H. The fourth-order valence-corrected chi connectivity index (χ4v) is 1.19. The fourth-order valence-electron chi connectivity index (χ4n) is 1.19. The summed E-state index contributed by atoms with van der Waals surface area (Å²) in [4.78, 5) is 14.1. The van der Waals surface area contributed by atoms with E-state index in [9.17, 15) is 4.79 Å². The van der Waals surface area contributed by atoms with E-state index in [1.54, 1.807) is 24.5 Å². The molecule has 0 radical (unpaired) electrons. The summed E-state index contributed by atoms with van der Waals surface area (Å²) in [5.41, 5.74) is 0. The van der Waals surface area contributed by atoms with Crippen LogP contribution < -0.4 is 4.74 Å². The molecule has 1 heterocycles. The first-order valence-corrected chi connectivity index (χ1v) is 3.84. The number of fused-ring (bicyclic) bond motifs is 1. The highest BCUT2D eigenvalue weighted by atomic mass is 16.5. The van der Waals surface area contributed by atoms with Gasteiger partial charge in [-0.3, -0.25) is 9.78 Å². The number of ether oxygens (including phenoxy) is 1. The van der Waals surface area contributed by atoms with Crippen LogP contribution >= 0.6 is 0 Å². The zero-order chi connectivity index (χ0) is 9.10. The Morgan fingerprint density at radius 1 is 1.23 bits per heavy atom. The predicted molar refractivity (Wildman–Crippen MR) is 48.4 cm³/mol. The molecule has 0 atom stereocenters. The molecule has 0 saturated heterocycles. The molecule has 0 amide bonds. The molecule has 64 valence electrons. The van der Waals surface area contributed by atoms with Crippen molar-refractivity contribution in [3.63, 3.8) is 0 Å². The van der Waals surface area contributed by atoms with E-state index < -0.39 is 0 Å². The molecule has 0 fully saturated rings. The Labute approximate surface area is 75.0 Å². The Bertz CT molecular complexity index is 440. The molecule has 1 aromatic carbocycles. The van der Waals surface area contributed by atoms with Gasteiger partial charge in [0, 0.05) is 17.8 Å². The Kier molecular flexibility index (Phi) is 1.92. The van der Waals surface area contributed by atoms with Crippen LogP contribution in [-0.2, 0) is 4.79 Å². The topological polar surface area (TPSA) is 39.2 Å². The number of nitrogens with zero attached hydrogens (tertiary/aromatic N) is 1. The molecule has 1 aromatic heterocycles. The second-order valence-electron chi connectivity index (χ2n) is 2.60. The normalized spacial score (nSPS) is 9.85. The van der Waals surface area contributed by atoms with Crippen molar-refractivity contribution in [2.45, 2.75) is 0 Å². The molecule has 0 aliphatic rings. The van der Waals surface area contributed by atoms with E-state index in [0.717, 1.165) is 10.8 Å². The van der Waals surface area contributed by atoms with E-state index in [2.05, 4.69) is 4.98 Å². The van der Waals surface area contributed by atoms with E-state index in [1.165, 1.54) is 0 Å². The number of aromatic nitrogens is 1. The van der Waals surface area contributed by atoms with Gasteiger partial charge in [-0.25, -0.2) is 0 Å². The third-order valence-electron chi connectivity index (χ3n) is 1.80. The van der Waals surface area contributed by atoms with E-state index in [1.807, 2.05) is 12.1 Å². The zero-order valence-corrected chi connectivity index (χ0v) is 6.81. The third-order valence-corrected chi connectivity index (χ3v) is 1.80. The minimum Gasteiger partial charge on any atom is -0.429 e. The summed E-state index contributed by atoms with van der Waals surface area (Å²) in [6, 6.07) is 7.26. The SMILES string of the molecule is O=COc1ccc2cnccc2c1. The summed E-state index contributed by atoms with van der Waals surface area (Å²) in [6.07, 6.45) is 3.47. The van der Waals surface area contributed by atoms with Crippen LogP contribution in [0.15, 0.2) is 36.7 Å². The van der Waals surface area contributed by atoms with Crippen molar-refractivity contribution in [1.82, 2.24) is 4.98 Å². The molecule has 0 unspecified atom stereocenters. The molecule has 0 aliphatic carbocycles. The number of carbonyl (C=O) groups excluding carboxylic acids is 1. The molecule has 0 N–H and O–H groups in total. The highest BCUT2D eigenvalue weighted by Gasteiger charge is 1.95. The lowest BCUT2D eigenvalue weighted by Crippen LogP contribution is -1.87. The van der Waals surface area contributed by atoms with E-state index in [4.69, 9.17) is 4.74 Å². The quantitative estimate of drug-likeness (QED) is 0.649. The minimum absolute atomic E-state index is 0.419. The summed E-state index contributed by atoms with van der Waals surface area (Å²) < 4.78 is 4.71. The Morgan fingerprint density at radius 2 is 2.15 bits per heavy atom. The molecule has 0 aliphatic heterocycles. The second-order valence-corrected chi connectivity index (χ2v) is 2.60. The summed E-state index contributed by atoms with van der Waals surface area (Å²) in [5, 5.41) is 2.04. The molecule has 3 nitrogen and oxygen atoms in total. The maximum Gasteiger partial charge on any atom is 0.298 e. The van der Waals surface area contributed by atoms with Gasteiger partial charge < -0.3 is 4.74 Å². The summed E-state index contributed by atoms with van der Waals surface area (Å²) in [7, 11) is 0. The lowest BCUT2D eigenvalue weighted by atomic mass is 10.2. The van der Waals surface area contributed by atoms with Crippen molar-refractivity contribution in [3.8, 4) is 5.75 Å².